The van der Waals surface area contributed by atoms with Crippen LogP contribution in [0.5, 0.6) is 5.75 Å². The molecule has 2 N–H and O–H groups in total. The molecule has 0 atom stereocenters. The molecule has 0 unspecified atom stereocenters. The minimum absolute atomic E-state index is 0.922. The average molecular weight is 292 g/mol. The number of carboxylic acid groups (broad SMARTS) is 2. The lowest BCUT2D eigenvalue weighted by Crippen LogP contribution is -1.88. The highest BCUT2D eigenvalue weighted by Gasteiger charge is 2.02. The Kier molecular flexibility index (Phi) is 10.4. The maximum atomic E-state index is 8.56. The van der Waals surface area contributed by atoms with Gasteiger partial charge in [0, 0.05) is 0 Å². The van der Waals surface area contributed by atoms with Gasteiger partial charge in [-0.25, -0.2) is 4.79 Å². The molecule has 0 amide bonds. The summed E-state index contributed by atoms with van der Waals surface area (Å²) >= 11 is 0. The van der Waals surface area contributed by atoms with Crippen LogP contribution >= 0.6 is 0 Å². The molecule has 0 aliphatic rings. The summed E-state index contributed by atoms with van der Waals surface area (Å²) in [5.74, 6) is 0.922. The van der Waals surface area contributed by atoms with E-state index in [1.54, 1.807) is 7.11 Å². The topological polar surface area (TPSA) is 66.8 Å². The van der Waals surface area contributed by atoms with E-state index in [-0.39, 0.29) is 0 Å². The first-order valence-electron chi connectivity index (χ1n) is 6.93. The van der Waals surface area contributed by atoms with Gasteiger partial charge in [0.05, 0.1) is 7.11 Å². The molecular formula is C17H24O4. The van der Waals surface area contributed by atoms with E-state index in [9.17, 15) is 0 Å². The van der Waals surface area contributed by atoms with Crippen LogP contribution in [0.3, 0.4) is 0 Å². The summed E-state index contributed by atoms with van der Waals surface area (Å²) in [7, 11) is 1.71. The normalized spacial score (nSPS) is 10.9. The molecule has 4 heteroatoms. The van der Waals surface area contributed by atoms with Crippen molar-refractivity contribution in [2.75, 3.05) is 7.11 Å². The SMILES string of the molecule is C/C=C/C=C(/CCCC)c1cccc(OC)c1.O=C(O)O. The van der Waals surface area contributed by atoms with E-state index in [0.717, 1.165) is 12.2 Å². The van der Waals surface area contributed by atoms with Crippen molar-refractivity contribution in [3.05, 3.63) is 48.1 Å². The third-order valence-electron chi connectivity index (χ3n) is 2.73. The fraction of sp³-hybridized carbons (Fsp3) is 0.353. The number of methoxy groups -OCH3 is 1. The summed E-state index contributed by atoms with van der Waals surface area (Å²) in [6.45, 7) is 4.26. The first kappa shape index (κ1) is 18.8. The minimum Gasteiger partial charge on any atom is -0.497 e. The molecule has 1 rings (SSSR count). The van der Waals surface area contributed by atoms with Crippen molar-refractivity contribution in [3.8, 4) is 5.75 Å². The van der Waals surface area contributed by atoms with E-state index in [4.69, 9.17) is 19.7 Å². The number of ether oxygens (including phenoxy) is 1. The Bertz CT molecular complexity index is 471. The van der Waals surface area contributed by atoms with Gasteiger partial charge in [-0.15, -0.1) is 0 Å². The smallest absolute Gasteiger partial charge is 0.497 e. The summed E-state index contributed by atoms with van der Waals surface area (Å²) in [6, 6.07) is 8.28. The Hall–Kier alpha value is -2.23. The van der Waals surface area contributed by atoms with Crippen LogP contribution in [0.2, 0.25) is 0 Å². The monoisotopic (exact) mass is 292 g/mol. The third-order valence-corrected chi connectivity index (χ3v) is 2.73. The molecule has 0 fully saturated rings. The lowest BCUT2D eigenvalue weighted by Gasteiger charge is -2.08. The van der Waals surface area contributed by atoms with Gasteiger partial charge in [-0.2, -0.15) is 0 Å². The Morgan fingerprint density at radius 2 is 2.00 bits per heavy atom. The van der Waals surface area contributed by atoms with Crippen molar-refractivity contribution >= 4 is 11.7 Å². The summed E-state index contributed by atoms with van der Waals surface area (Å²) in [5, 5.41) is 13.9. The minimum atomic E-state index is -1.83. The van der Waals surface area contributed by atoms with Gasteiger partial charge in [0.15, 0.2) is 0 Å². The molecule has 0 aliphatic heterocycles. The fourth-order valence-corrected chi connectivity index (χ4v) is 1.73. The zero-order valence-corrected chi connectivity index (χ0v) is 12.9. The molecule has 0 saturated carbocycles. The van der Waals surface area contributed by atoms with Crippen LogP contribution in [0.25, 0.3) is 5.57 Å². The molecule has 0 heterocycles. The standard InChI is InChI=1S/C16H22O.CH2O3/c1-4-6-9-14(10-7-5-2)15-11-8-12-16(13-15)17-3;2-1(3)4/h4,6,8-9,11-13H,5,7,10H2,1-3H3;(H2,2,3,4)/b6-4+,14-9-;. The Morgan fingerprint density at radius 1 is 1.33 bits per heavy atom. The van der Waals surface area contributed by atoms with Gasteiger partial charge in [0.25, 0.3) is 0 Å². The maximum absolute atomic E-state index is 8.56. The maximum Gasteiger partial charge on any atom is 0.503 e. The highest BCUT2D eigenvalue weighted by atomic mass is 16.6. The van der Waals surface area contributed by atoms with Gasteiger partial charge in [-0.05, 0) is 43.0 Å². The Morgan fingerprint density at radius 3 is 2.52 bits per heavy atom. The van der Waals surface area contributed by atoms with Crippen LogP contribution in [0, 0.1) is 0 Å². The second kappa shape index (κ2) is 11.6. The van der Waals surface area contributed by atoms with Gasteiger partial charge < -0.3 is 14.9 Å². The number of hydrogen-bond acceptors (Lipinski definition) is 2. The number of unbranched alkanes of at least 4 members (excludes halogenated alkanes) is 1. The molecule has 1 aromatic carbocycles. The summed E-state index contributed by atoms with van der Waals surface area (Å²) in [4.78, 5) is 8.56. The van der Waals surface area contributed by atoms with Gasteiger partial charge in [0.1, 0.15) is 5.75 Å². The largest absolute Gasteiger partial charge is 0.503 e. The summed E-state index contributed by atoms with van der Waals surface area (Å²) in [5.41, 5.74) is 2.64. The van der Waals surface area contributed by atoms with Crippen molar-refractivity contribution in [1.29, 1.82) is 0 Å². The number of carbonyl (C=O) groups is 1. The first-order chi connectivity index (χ1) is 10.0. The van der Waals surface area contributed by atoms with Crippen molar-refractivity contribution in [3.63, 3.8) is 0 Å². The molecule has 116 valence electrons. The van der Waals surface area contributed by atoms with E-state index in [1.807, 2.05) is 19.1 Å². The predicted octanol–water partition coefficient (Wildman–Crippen LogP) is 5.07. The summed E-state index contributed by atoms with van der Waals surface area (Å²) < 4.78 is 5.27. The second-order valence-corrected chi connectivity index (χ2v) is 4.34. The molecular weight excluding hydrogens is 268 g/mol. The number of hydrogen-bond donors (Lipinski definition) is 2. The summed E-state index contributed by atoms with van der Waals surface area (Å²) in [6.07, 6.45) is 8.09. The molecule has 0 aliphatic carbocycles. The van der Waals surface area contributed by atoms with Crippen molar-refractivity contribution < 1.29 is 19.7 Å². The number of rotatable bonds is 6. The molecule has 1 aromatic rings. The molecule has 0 saturated heterocycles. The van der Waals surface area contributed by atoms with E-state index in [0.29, 0.717) is 0 Å². The van der Waals surface area contributed by atoms with Crippen molar-refractivity contribution in [2.45, 2.75) is 33.1 Å². The molecule has 21 heavy (non-hydrogen) atoms. The lowest BCUT2D eigenvalue weighted by molar-refractivity contribution is 0.137. The third kappa shape index (κ3) is 9.32. The van der Waals surface area contributed by atoms with Crippen molar-refractivity contribution in [2.24, 2.45) is 0 Å². The molecule has 0 spiro atoms. The number of allylic oxidation sites excluding steroid dienone is 4. The molecule has 0 bridgehead atoms. The van der Waals surface area contributed by atoms with Gasteiger partial charge in [-0.3, -0.25) is 0 Å². The Labute approximate surface area is 126 Å². The number of benzene rings is 1. The van der Waals surface area contributed by atoms with Crippen LogP contribution in [0.15, 0.2) is 42.5 Å². The lowest BCUT2D eigenvalue weighted by atomic mass is 9.99. The quantitative estimate of drug-likeness (QED) is 0.718. The van der Waals surface area contributed by atoms with Gasteiger partial charge >= 0.3 is 6.16 Å². The zero-order valence-electron chi connectivity index (χ0n) is 12.9. The predicted molar refractivity (Wildman–Crippen MR) is 86.0 cm³/mol. The highest BCUT2D eigenvalue weighted by molar-refractivity contribution is 5.68. The Balaban J connectivity index is 0.000000885. The van der Waals surface area contributed by atoms with Crippen LogP contribution < -0.4 is 4.74 Å². The highest BCUT2D eigenvalue weighted by Crippen LogP contribution is 2.24. The second-order valence-electron chi connectivity index (χ2n) is 4.34. The van der Waals surface area contributed by atoms with Crippen molar-refractivity contribution in [1.82, 2.24) is 0 Å². The van der Waals surface area contributed by atoms with E-state index >= 15 is 0 Å². The molecule has 4 nitrogen and oxygen atoms in total. The first-order valence-corrected chi connectivity index (χ1v) is 6.93. The van der Waals surface area contributed by atoms with Crippen LogP contribution in [0.1, 0.15) is 38.7 Å². The van der Waals surface area contributed by atoms with E-state index < -0.39 is 6.16 Å². The average Bonchev–Trinajstić information content (AvgIpc) is 2.47. The molecule has 0 radical (unpaired) electrons. The van der Waals surface area contributed by atoms with Crippen LogP contribution in [0.4, 0.5) is 4.79 Å². The molecule has 0 aromatic heterocycles. The van der Waals surface area contributed by atoms with Gasteiger partial charge in [0.2, 0.25) is 0 Å². The van der Waals surface area contributed by atoms with Crippen LogP contribution in [-0.2, 0) is 0 Å². The van der Waals surface area contributed by atoms with E-state index in [2.05, 4.69) is 37.3 Å². The van der Waals surface area contributed by atoms with E-state index in [1.165, 1.54) is 24.0 Å². The zero-order chi connectivity index (χ0) is 16.1. The van der Waals surface area contributed by atoms with Gasteiger partial charge in [-0.1, -0.05) is 43.7 Å². The van der Waals surface area contributed by atoms with Crippen LogP contribution in [-0.4, -0.2) is 23.5 Å². The fourth-order valence-electron chi connectivity index (χ4n) is 1.73.